The molecule has 0 aliphatic heterocycles. The summed E-state index contributed by atoms with van der Waals surface area (Å²) in [6, 6.07) is 14.5. The second kappa shape index (κ2) is 8.46. The van der Waals surface area contributed by atoms with Crippen LogP contribution in [0.2, 0.25) is 0 Å². The average molecular weight is 367 g/mol. The standard InChI is InChI=1S/C20H22N4O3/c1-3-24(13-19(25)22-16-10-6-7-11-17(16)27-2)12-18-21-15-9-5-4-8-14(15)20(26)23-18/h4-11H,3,12-13H2,1-2H3,(H,22,25)(H,21,23,26)/p+1. The van der Waals surface area contributed by atoms with Gasteiger partial charge in [-0.15, -0.1) is 0 Å². The molecule has 27 heavy (non-hydrogen) atoms. The van der Waals surface area contributed by atoms with Crippen molar-refractivity contribution in [3.63, 3.8) is 0 Å². The van der Waals surface area contributed by atoms with E-state index in [1.807, 2.05) is 37.3 Å². The number of fused-ring (bicyclic) bond motifs is 1. The summed E-state index contributed by atoms with van der Waals surface area (Å²) in [5.41, 5.74) is 1.13. The van der Waals surface area contributed by atoms with Gasteiger partial charge in [0.15, 0.2) is 12.4 Å². The number of quaternary nitrogens is 1. The number of para-hydroxylation sites is 3. The van der Waals surface area contributed by atoms with Gasteiger partial charge >= 0.3 is 0 Å². The molecule has 3 rings (SSSR count). The maximum absolute atomic E-state index is 12.4. The molecule has 1 heterocycles. The number of carbonyl (C=O) groups excluding carboxylic acids is 1. The van der Waals surface area contributed by atoms with E-state index < -0.39 is 0 Å². The Labute approximate surface area is 157 Å². The average Bonchev–Trinajstić information content (AvgIpc) is 2.68. The van der Waals surface area contributed by atoms with E-state index in [0.717, 1.165) is 11.4 Å². The van der Waals surface area contributed by atoms with Crippen molar-refractivity contribution in [2.75, 3.05) is 25.5 Å². The maximum Gasteiger partial charge on any atom is 0.279 e. The van der Waals surface area contributed by atoms with Gasteiger partial charge in [-0.1, -0.05) is 24.3 Å². The normalized spacial score (nSPS) is 11.9. The zero-order chi connectivity index (χ0) is 19.2. The fraction of sp³-hybridized carbons (Fsp3) is 0.250. The summed E-state index contributed by atoms with van der Waals surface area (Å²) >= 11 is 0. The number of rotatable bonds is 7. The van der Waals surface area contributed by atoms with Crippen molar-refractivity contribution in [2.45, 2.75) is 13.5 Å². The molecule has 7 nitrogen and oxygen atoms in total. The highest BCUT2D eigenvalue weighted by Gasteiger charge is 2.16. The number of hydrogen-bond acceptors (Lipinski definition) is 4. The van der Waals surface area contributed by atoms with Crippen LogP contribution in [0.15, 0.2) is 53.3 Å². The van der Waals surface area contributed by atoms with Gasteiger partial charge in [-0.3, -0.25) is 9.59 Å². The van der Waals surface area contributed by atoms with Crippen molar-refractivity contribution < 1.29 is 14.4 Å². The number of aromatic amines is 1. The Bertz CT molecular complexity index is 1000. The number of hydrogen-bond donors (Lipinski definition) is 3. The first kappa shape index (κ1) is 18.6. The van der Waals surface area contributed by atoms with Crippen LogP contribution in [-0.4, -0.2) is 36.1 Å². The van der Waals surface area contributed by atoms with E-state index in [1.165, 1.54) is 0 Å². The number of amides is 1. The van der Waals surface area contributed by atoms with E-state index in [1.54, 1.807) is 25.3 Å². The lowest BCUT2D eigenvalue weighted by atomic mass is 10.2. The predicted octanol–water partition coefficient (Wildman–Crippen LogP) is 0.975. The highest BCUT2D eigenvalue weighted by atomic mass is 16.5. The van der Waals surface area contributed by atoms with E-state index in [4.69, 9.17) is 4.74 Å². The van der Waals surface area contributed by atoms with Gasteiger partial charge in [0.2, 0.25) is 0 Å². The van der Waals surface area contributed by atoms with E-state index in [9.17, 15) is 9.59 Å². The highest BCUT2D eigenvalue weighted by Crippen LogP contribution is 2.22. The first-order valence-electron chi connectivity index (χ1n) is 8.85. The van der Waals surface area contributed by atoms with E-state index in [0.29, 0.717) is 34.7 Å². The second-order valence-electron chi connectivity index (χ2n) is 6.24. The van der Waals surface area contributed by atoms with Crippen molar-refractivity contribution in [3.05, 3.63) is 64.7 Å². The molecule has 3 aromatic rings. The molecule has 0 fully saturated rings. The summed E-state index contributed by atoms with van der Waals surface area (Å²) in [4.78, 5) is 33.0. The molecule has 0 saturated carbocycles. The van der Waals surface area contributed by atoms with Gasteiger partial charge in [0.25, 0.3) is 11.5 Å². The van der Waals surface area contributed by atoms with Crippen molar-refractivity contribution in [1.82, 2.24) is 9.97 Å². The number of aromatic nitrogens is 2. The van der Waals surface area contributed by atoms with Gasteiger partial charge in [0.1, 0.15) is 12.3 Å². The minimum Gasteiger partial charge on any atom is -0.495 e. The summed E-state index contributed by atoms with van der Waals surface area (Å²) < 4.78 is 5.26. The molecule has 1 amide bonds. The third kappa shape index (κ3) is 4.51. The second-order valence-corrected chi connectivity index (χ2v) is 6.24. The number of benzene rings is 2. The molecule has 3 N–H and O–H groups in total. The topological polar surface area (TPSA) is 88.5 Å². The first-order chi connectivity index (χ1) is 13.1. The Morgan fingerprint density at radius 1 is 1.19 bits per heavy atom. The van der Waals surface area contributed by atoms with Gasteiger partial charge in [0.05, 0.1) is 30.2 Å². The maximum atomic E-state index is 12.4. The zero-order valence-corrected chi connectivity index (χ0v) is 15.4. The lowest BCUT2D eigenvalue weighted by molar-refractivity contribution is -0.904. The molecule has 7 heteroatoms. The lowest BCUT2D eigenvalue weighted by Gasteiger charge is -2.17. The molecule has 140 valence electrons. The Morgan fingerprint density at radius 2 is 1.93 bits per heavy atom. The Morgan fingerprint density at radius 3 is 2.70 bits per heavy atom. The van der Waals surface area contributed by atoms with Crippen LogP contribution < -0.4 is 20.5 Å². The minimum atomic E-state index is -0.162. The van der Waals surface area contributed by atoms with Crippen LogP contribution in [0.5, 0.6) is 5.75 Å². The summed E-state index contributed by atoms with van der Waals surface area (Å²) in [6.07, 6.45) is 0. The van der Waals surface area contributed by atoms with Crippen molar-refractivity contribution in [3.8, 4) is 5.75 Å². The molecular formula is C20H23N4O3+. The highest BCUT2D eigenvalue weighted by molar-refractivity contribution is 5.92. The predicted molar refractivity (Wildman–Crippen MR) is 104 cm³/mol. The van der Waals surface area contributed by atoms with Crippen molar-refractivity contribution >= 4 is 22.5 Å². The number of carbonyl (C=O) groups is 1. The van der Waals surface area contributed by atoms with Gasteiger partial charge < -0.3 is 19.9 Å². The molecule has 1 atom stereocenters. The molecule has 0 aliphatic rings. The summed E-state index contributed by atoms with van der Waals surface area (Å²) in [5.74, 6) is 1.06. The molecule has 0 saturated heterocycles. The molecule has 0 aliphatic carbocycles. The van der Waals surface area contributed by atoms with Gasteiger partial charge in [-0.05, 0) is 31.2 Å². The fourth-order valence-electron chi connectivity index (χ4n) is 2.94. The first-order valence-corrected chi connectivity index (χ1v) is 8.85. The zero-order valence-electron chi connectivity index (χ0n) is 15.4. The number of nitrogens with one attached hydrogen (secondary N) is 3. The van der Waals surface area contributed by atoms with Crippen LogP contribution in [0.25, 0.3) is 10.9 Å². The van der Waals surface area contributed by atoms with Gasteiger partial charge in [0, 0.05) is 0 Å². The molecule has 0 bridgehead atoms. The van der Waals surface area contributed by atoms with Gasteiger partial charge in [-0.2, -0.15) is 0 Å². The lowest BCUT2D eigenvalue weighted by Crippen LogP contribution is -3.11. The number of anilines is 1. The van der Waals surface area contributed by atoms with E-state index in [-0.39, 0.29) is 18.0 Å². The number of H-pyrrole nitrogens is 1. The minimum absolute atomic E-state index is 0.125. The smallest absolute Gasteiger partial charge is 0.279 e. The SMILES string of the molecule is CC[NH+](CC(=O)Nc1ccccc1OC)Cc1nc2ccccc2c(=O)[nH]1. The molecule has 0 spiro atoms. The molecular weight excluding hydrogens is 344 g/mol. The Hall–Kier alpha value is -3.19. The van der Waals surface area contributed by atoms with Crippen LogP contribution in [-0.2, 0) is 11.3 Å². The third-order valence-electron chi connectivity index (χ3n) is 4.37. The molecule has 1 unspecified atom stereocenters. The molecule has 1 aromatic heterocycles. The Balaban J connectivity index is 1.70. The van der Waals surface area contributed by atoms with Crippen molar-refractivity contribution in [1.29, 1.82) is 0 Å². The van der Waals surface area contributed by atoms with Gasteiger partial charge in [-0.25, -0.2) is 4.98 Å². The third-order valence-corrected chi connectivity index (χ3v) is 4.37. The summed E-state index contributed by atoms with van der Waals surface area (Å²) in [5, 5.41) is 3.44. The van der Waals surface area contributed by atoms with Crippen LogP contribution in [0.3, 0.4) is 0 Å². The Kier molecular flexibility index (Phi) is 5.83. The fourth-order valence-corrected chi connectivity index (χ4v) is 2.94. The van der Waals surface area contributed by atoms with Crippen LogP contribution in [0.4, 0.5) is 5.69 Å². The monoisotopic (exact) mass is 367 g/mol. The van der Waals surface area contributed by atoms with Crippen LogP contribution in [0.1, 0.15) is 12.7 Å². The molecule has 0 radical (unpaired) electrons. The summed E-state index contributed by atoms with van der Waals surface area (Å²) in [6.45, 7) is 3.42. The van der Waals surface area contributed by atoms with Crippen molar-refractivity contribution in [2.24, 2.45) is 0 Å². The van der Waals surface area contributed by atoms with E-state index >= 15 is 0 Å². The van der Waals surface area contributed by atoms with Crippen LogP contribution >= 0.6 is 0 Å². The number of ether oxygens (including phenoxy) is 1. The van der Waals surface area contributed by atoms with E-state index in [2.05, 4.69) is 15.3 Å². The summed E-state index contributed by atoms with van der Waals surface area (Å²) in [7, 11) is 1.57. The number of methoxy groups -OCH3 is 1. The molecule has 2 aromatic carbocycles. The number of nitrogens with zero attached hydrogens (tertiary/aromatic N) is 1. The largest absolute Gasteiger partial charge is 0.495 e. The quantitative estimate of drug-likeness (QED) is 0.581. The number of likely N-dealkylation sites (N-methyl/N-ethyl adjacent to an activating group) is 1. The van der Waals surface area contributed by atoms with Crippen LogP contribution in [0, 0.1) is 0 Å².